The molecule has 1 N–H and O–H groups in total. The van der Waals surface area contributed by atoms with Crippen LogP contribution in [0.15, 0.2) is 29.3 Å². The van der Waals surface area contributed by atoms with E-state index in [0.717, 1.165) is 23.0 Å². The number of hydrogen-bond acceptors (Lipinski definition) is 5. The number of nitrogens with zero attached hydrogens (tertiary/aromatic N) is 5. The summed E-state index contributed by atoms with van der Waals surface area (Å²) in [6, 6.07) is 0.241. The third-order valence-electron chi connectivity index (χ3n) is 3.81. The molecule has 124 valence electrons. The van der Waals surface area contributed by atoms with E-state index in [9.17, 15) is 8.78 Å². The fraction of sp³-hybridized carbons (Fsp3) is 0.500. The molecule has 3 heterocycles. The highest BCUT2D eigenvalue weighted by Gasteiger charge is 2.23. The molecule has 0 saturated carbocycles. The van der Waals surface area contributed by atoms with Gasteiger partial charge in [-0.3, -0.25) is 9.58 Å². The Hall–Kier alpha value is -1.61. The van der Waals surface area contributed by atoms with Crippen LogP contribution in [0.4, 0.5) is 20.4 Å². The van der Waals surface area contributed by atoms with Crippen molar-refractivity contribution in [1.29, 1.82) is 0 Å². The van der Waals surface area contributed by atoms with Crippen LogP contribution in [0.1, 0.15) is 18.9 Å². The number of rotatable bonds is 5. The van der Waals surface area contributed by atoms with E-state index < -0.39 is 6.43 Å². The highest BCUT2D eigenvalue weighted by atomic mass is 79.9. The molecule has 3 rings (SSSR count). The van der Waals surface area contributed by atoms with E-state index in [1.807, 2.05) is 10.9 Å². The van der Waals surface area contributed by atoms with Gasteiger partial charge in [-0.2, -0.15) is 5.10 Å². The Morgan fingerprint density at radius 3 is 2.57 bits per heavy atom. The Balaban J connectivity index is 1.56. The van der Waals surface area contributed by atoms with Crippen molar-refractivity contribution >= 4 is 27.6 Å². The first kappa shape index (κ1) is 16.3. The molecule has 0 amide bonds. The van der Waals surface area contributed by atoms with Crippen LogP contribution in [0.25, 0.3) is 0 Å². The maximum absolute atomic E-state index is 12.4. The van der Waals surface area contributed by atoms with Crippen LogP contribution in [0.5, 0.6) is 0 Å². The summed E-state index contributed by atoms with van der Waals surface area (Å²) in [4.78, 5) is 10.1. The molecule has 0 bridgehead atoms. The van der Waals surface area contributed by atoms with Crippen molar-refractivity contribution in [3.05, 3.63) is 29.3 Å². The van der Waals surface area contributed by atoms with Crippen LogP contribution in [-0.4, -0.2) is 50.7 Å². The first-order chi connectivity index (χ1) is 11.1. The molecule has 6 nitrogen and oxygen atoms in total. The summed E-state index contributed by atoms with van der Waals surface area (Å²) in [7, 11) is 0. The second-order valence-corrected chi connectivity index (χ2v) is 6.40. The zero-order valence-corrected chi connectivity index (χ0v) is 14.0. The van der Waals surface area contributed by atoms with Crippen LogP contribution in [0.2, 0.25) is 0 Å². The average Bonchev–Trinajstić information content (AvgIpc) is 2.98. The van der Waals surface area contributed by atoms with Crippen LogP contribution in [0, 0.1) is 0 Å². The minimum atomic E-state index is -2.27. The molecule has 23 heavy (non-hydrogen) atoms. The number of nitrogens with one attached hydrogen (secondary N) is 1. The third-order valence-corrected chi connectivity index (χ3v) is 4.21. The Bertz CT molecular complexity index is 624. The molecule has 1 saturated heterocycles. The van der Waals surface area contributed by atoms with Crippen LogP contribution >= 0.6 is 15.9 Å². The lowest BCUT2D eigenvalue weighted by Gasteiger charge is -2.31. The summed E-state index contributed by atoms with van der Waals surface area (Å²) in [5.41, 5.74) is 0.808. The highest BCUT2D eigenvalue weighted by Crippen LogP contribution is 2.24. The Morgan fingerprint density at radius 1 is 1.22 bits per heavy atom. The maximum Gasteiger partial charge on any atom is 0.251 e. The van der Waals surface area contributed by atoms with Gasteiger partial charge in [0.15, 0.2) is 0 Å². The average molecular weight is 387 g/mol. The number of aromatic nitrogens is 4. The predicted molar refractivity (Wildman–Crippen MR) is 86.0 cm³/mol. The van der Waals surface area contributed by atoms with Crippen molar-refractivity contribution in [2.75, 3.05) is 25.0 Å². The molecule has 0 unspecified atom stereocenters. The van der Waals surface area contributed by atoms with Crippen molar-refractivity contribution in [2.24, 2.45) is 0 Å². The van der Waals surface area contributed by atoms with E-state index in [1.54, 1.807) is 23.5 Å². The largest absolute Gasteiger partial charge is 0.321 e. The molecule has 2 aromatic heterocycles. The Kier molecular flexibility index (Phi) is 5.16. The lowest BCUT2D eigenvalue weighted by atomic mass is 10.1. The van der Waals surface area contributed by atoms with E-state index in [0.29, 0.717) is 19.0 Å². The molecule has 1 aliphatic heterocycles. The number of likely N-dealkylation sites (tertiary alicyclic amines) is 1. The SMILES string of the molecule is FC(F)CN1CCC(n2cc(Nc3ncc(Br)cn3)cn2)CC1. The number of piperidine rings is 1. The van der Waals surface area contributed by atoms with Crippen molar-refractivity contribution in [3.8, 4) is 0 Å². The zero-order chi connectivity index (χ0) is 16.2. The minimum Gasteiger partial charge on any atom is -0.321 e. The van der Waals surface area contributed by atoms with Gasteiger partial charge in [0, 0.05) is 31.7 Å². The van der Waals surface area contributed by atoms with Crippen LogP contribution in [-0.2, 0) is 0 Å². The van der Waals surface area contributed by atoms with Crippen molar-refractivity contribution in [1.82, 2.24) is 24.6 Å². The molecule has 9 heteroatoms. The van der Waals surface area contributed by atoms with E-state index in [2.05, 4.69) is 36.3 Å². The monoisotopic (exact) mass is 386 g/mol. The second-order valence-electron chi connectivity index (χ2n) is 5.48. The first-order valence-electron chi connectivity index (χ1n) is 7.39. The summed E-state index contributed by atoms with van der Waals surface area (Å²) in [6.07, 6.45) is 6.33. The van der Waals surface area contributed by atoms with Gasteiger partial charge in [-0.1, -0.05) is 0 Å². The van der Waals surface area contributed by atoms with E-state index >= 15 is 0 Å². The van der Waals surface area contributed by atoms with Gasteiger partial charge in [0.25, 0.3) is 6.43 Å². The van der Waals surface area contributed by atoms with Crippen LogP contribution < -0.4 is 5.32 Å². The van der Waals surface area contributed by atoms with Gasteiger partial charge < -0.3 is 5.32 Å². The molecule has 0 aromatic carbocycles. The number of halogens is 3. The molecule has 1 fully saturated rings. The van der Waals surface area contributed by atoms with Crippen molar-refractivity contribution in [3.63, 3.8) is 0 Å². The summed E-state index contributed by atoms with van der Waals surface area (Å²) in [6.45, 7) is 1.21. The summed E-state index contributed by atoms with van der Waals surface area (Å²) >= 11 is 3.29. The number of alkyl halides is 2. The lowest BCUT2D eigenvalue weighted by Crippen LogP contribution is -2.37. The lowest BCUT2D eigenvalue weighted by molar-refractivity contribution is 0.0690. The van der Waals surface area contributed by atoms with Gasteiger partial charge in [-0.25, -0.2) is 18.7 Å². The predicted octanol–water partition coefficient (Wildman–Crippen LogP) is 3.08. The van der Waals surface area contributed by atoms with E-state index in [4.69, 9.17) is 0 Å². The minimum absolute atomic E-state index is 0.139. The van der Waals surface area contributed by atoms with Crippen molar-refractivity contribution in [2.45, 2.75) is 25.3 Å². The summed E-state index contributed by atoms with van der Waals surface area (Å²) in [5, 5.41) is 7.45. The second kappa shape index (κ2) is 7.31. The van der Waals surface area contributed by atoms with E-state index in [1.165, 1.54) is 0 Å². The van der Waals surface area contributed by atoms with Crippen LogP contribution in [0.3, 0.4) is 0 Å². The topological polar surface area (TPSA) is 58.9 Å². The normalized spacial score (nSPS) is 16.9. The van der Waals surface area contributed by atoms with Gasteiger partial charge in [0.1, 0.15) is 0 Å². The molecular weight excluding hydrogens is 370 g/mol. The van der Waals surface area contributed by atoms with Gasteiger partial charge in [0.05, 0.1) is 28.9 Å². The van der Waals surface area contributed by atoms with Gasteiger partial charge in [-0.15, -0.1) is 0 Å². The van der Waals surface area contributed by atoms with Gasteiger partial charge in [-0.05, 0) is 28.8 Å². The summed E-state index contributed by atoms with van der Waals surface area (Å²) < 4.78 is 27.5. The third kappa shape index (κ3) is 4.44. The van der Waals surface area contributed by atoms with Crippen molar-refractivity contribution < 1.29 is 8.78 Å². The molecule has 2 aromatic rings. The molecule has 0 atom stereocenters. The molecule has 0 aliphatic carbocycles. The number of anilines is 2. The first-order valence-corrected chi connectivity index (χ1v) is 8.18. The zero-order valence-electron chi connectivity index (χ0n) is 12.4. The Morgan fingerprint density at radius 2 is 1.91 bits per heavy atom. The standard InChI is InChI=1S/C14H17BrF2N6/c15-10-5-18-14(19-6-10)21-11-7-20-23(8-11)12-1-3-22(4-2-12)9-13(16)17/h5-8,12-13H,1-4,9H2,(H,18,19,21). The molecule has 0 radical (unpaired) electrons. The molecule has 0 spiro atoms. The fourth-order valence-electron chi connectivity index (χ4n) is 2.67. The summed E-state index contributed by atoms with van der Waals surface area (Å²) in [5.74, 6) is 0.500. The quantitative estimate of drug-likeness (QED) is 0.855. The molecular formula is C14H17BrF2N6. The van der Waals surface area contributed by atoms with E-state index in [-0.39, 0.29) is 12.6 Å². The fourth-order valence-corrected chi connectivity index (χ4v) is 2.87. The molecule has 1 aliphatic rings. The van der Waals surface area contributed by atoms with Gasteiger partial charge >= 0.3 is 0 Å². The maximum atomic E-state index is 12.4. The highest BCUT2D eigenvalue weighted by molar-refractivity contribution is 9.10. The smallest absolute Gasteiger partial charge is 0.251 e. The van der Waals surface area contributed by atoms with Gasteiger partial charge in [0.2, 0.25) is 5.95 Å². The number of hydrogen-bond donors (Lipinski definition) is 1. The Labute approximate surface area is 141 Å².